The lowest BCUT2D eigenvalue weighted by Gasteiger charge is -2.17. The number of carbonyl (C=O) groups is 1. The normalized spacial score (nSPS) is 13.3. The molecule has 0 atom stereocenters. The summed E-state index contributed by atoms with van der Waals surface area (Å²) >= 11 is 0. The zero-order valence-corrected chi connectivity index (χ0v) is 10.2. The molecular weight excluding hydrogens is 221 g/mol. The Morgan fingerprint density at radius 2 is 1.80 bits per heavy atom. The second kappa shape index (κ2) is 5.90. The first-order chi connectivity index (χ1) is 6.90. The lowest BCUT2D eigenvalue weighted by molar-refractivity contribution is -0.114. The smallest absolute Gasteiger partial charge is 0.408 e. The average Bonchev–Trinajstić information content (AvgIpc) is 2.24. The predicted octanol–water partition coefficient (Wildman–Crippen LogP) is 1.57. The molecule has 0 heterocycles. The van der Waals surface area contributed by atoms with Crippen molar-refractivity contribution >= 4 is 13.7 Å². The third-order valence-corrected chi connectivity index (χ3v) is 3.12. The Morgan fingerprint density at radius 3 is 2.07 bits per heavy atom. The van der Waals surface area contributed by atoms with Crippen molar-refractivity contribution in [3.05, 3.63) is 11.3 Å². The fourth-order valence-corrected chi connectivity index (χ4v) is 1.65. The van der Waals surface area contributed by atoms with Gasteiger partial charge < -0.3 is 10.3 Å². The van der Waals surface area contributed by atoms with Crippen molar-refractivity contribution in [1.29, 1.82) is 0 Å². The summed E-state index contributed by atoms with van der Waals surface area (Å²) < 4.78 is 25.7. The van der Waals surface area contributed by atoms with Crippen LogP contribution in [0, 0.1) is 0 Å². The molecule has 88 valence electrons. The van der Waals surface area contributed by atoms with Gasteiger partial charge in [-0.3, -0.25) is 13.8 Å². The number of nitrogens with two attached hydrogens (primary N) is 1. The fraction of sp³-hybridized carbons (Fsp3) is 0.625. The summed E-state index contributed by atoms with van der Waals surface area (Å²) in [7, 11) is -1.23. The van der Waals surface area contributed by atoms with Gasteiger partial charge in [-0.05, 0) is 6.92 Å². The van der Waals surface area contributed by atoms with Crippen LogP contribution in [0.5, 0.6) is 0 Å². The number of allylic oxidation sites excluding steroid dienone is 1. The number of primary amides is 1. The Hall–Kier alpha value is -0.840. The summed E-state index contributed by atoms with van der Waals surface area (Å²) in [6.07, 6.45) is 0.367. The molecule has 0 saturated carbocycles. The van der Waals surface area contributed by atoms with Gasteiger partial charge in [0.15, 0.2) is 0 Å². The zero-order chi connectivity index (χ0) is 12.1. The monoisotopic (exact) mass is 237 g/mol. The summed E-state index contributed by atoms with van der Waals surface area (Å²) in [6.45, 7) is 3.22. The van der Waals surface area contributed by atoms with Crippen LogP contribution in [-0.2, 0) is 22.9 Å². The van der Waals surface area contributed by atoms with Gasteiger partial charge in [-0.1, -0.05) is 6.92 Å². The second-order valence-electron chi connectivity index (χ2n) is 2.67. The van der Waals surface area contributed by atoms with Crippen molar-refractivity contribution in [2.75, 3.05) is 14.2 Å². The number of hydrogen-bond donors (Lipinski definition) is 1. The zero-order valence-electron chi connectivity index (χ0n) is 9.27. The highest BCUT2D eigenvalue weighted by atomic mass is 31.2. The SMILES string of the molecule is CC/C(OP(=O)(OC)OC)=C(\C)C(N)=O. The van der Waals surface area contributed by atoms with E-state index < -0.39 is 13.7 Å². The van der Waals surface area contributed by atoms with E-state index in [1.807, 2.05) is 0 Å². The molecule has 0 aromatic carbocycles. The number of carbonyl (C=O) groups excluding carboxylic acids is 1. The van der Waals surface area contributed by atoms with Crippen molar-refractivity contribution in [3.63, 3.8) is 0 Å². The van der Waals surface area contributed by atoms with E-state index in [-0.39, 0.29) is 11.3 Å². The number of rotatable bonds is 6. The standard InChI is InChI=1S/C8H16NO5P/c1-5-7(6(2)8(9)10)14-15(11,12-3)13-4/h5H2,1-4H3,(H2,9,10)/b7-6-. The molecule has 0 aliphatic heterocycles. The van der Waals surface area contributed by atoms with Crippen LogP contribution >= 0.6 is 7.82 Å². The van der Waals surface area contributed by atoms with E-state index in [9.17, 15) is 9.36 Å². The van der Waals surface area contributed by atoms with E-state index in [2.05, 4.69) is 9.05 Å². The molecule has 0 aliphatic carbocycles. The van der Waals surface area contributed by atoms with E-state index in [1.165, 1.54) is 21.1 Å². The third kappa shape index (κ3) is 4.03. The molecule has 2 N–H and O–H groups in total. The van der Waals surface area contributed by atoms with Gasteiger partial charge in [-0.15, -0.1) is 0 Å². The molecule has 0 aromatic rings. The van der Waals surface area contributed by atoms with Gasteiger partial charge in [0, 0.05) is 20.6 Å². The number of hydrogen-bond acceptors (Lipinski definition) is 5. The number of amides is 1. The maximum Gasteiger partial charge on any atom is 0.529 e. The van der Waals surface area contributed by atoms with Gasteiger partial charge in [0.05, 0.1) is 5.57 Å². The van der Waals surface area contributed by atoms with Crippen LogP contribution in [0.2, 0.25) is 0 Å². The van der Waals surface area contributed by atoms with Crippen LogP contribution in [0.1, 0.15) is 20.3 Å². The quantitative estimate of drug-likeness (QED) is 0.430. The molecule has 0 bridgehead atoms. The Bertz CT molecular complexity index is 304. The summed E-state index contributed by atoms with van der Waals surface area (Å²) in [5.41, 5.74) is 5.27. The van der Waals surface area contributed by atoms with Crippen LogP contribution in [0.25, 0.3) is 0 Å². The Kier molecular flexibility index (Phi) is 5.57. The lowest BCUT2D eigenvalue weighted by atomic mass is 10.2. The van der Waals surface area contributed by atoms with E-state index in [1.54, 1.807) is 6.92 Å². The van der Waals surface area contributed by atoms with Gasteiger partial charge in [0.2, 0.25) is 5.91 Å². The molecular formula is C8H16NO5P. The first-order valence-corrected chi connectivity index (χ1v) is 5.76. The molecule has 0 spiro atoms. The van der Waals surface area contributed by atoms with Crippen LogP contribution in [0.4, 0.5) is 0 Å². The molecule has 0 fully saturated rings. The molecule has 0 saturated heterocycles. The molecule has 0 unspecified atom stereocenters. The molecule has 7 heteroatoms. The van der Waals surface area contributed by atoms with E-state index in [0.717, 1.165) is 0 Å². The van der Waals surface area contributed by atoms with E-state index >= 15 is 0 Å². The first-order valence-electron chi connectivity index (χ1n) is 4.30. The highest BCUT2D eigenvalue weighted by Crippen LogP contribution is 2.50. The Labute approximate surface area is 89.0 Å². The first kappa shape index (κ1) is 14.2. The molecule has 0 rings (SSSR count). The van der Waals surface area contributed by atoms with Crippen molar-refractivity contribution < 1.29 is 22.9 Å². The van der Waals surface area contributed by atoms with Gasteiger partial charge in [0.1, 0.15) is 5.76 Å². The van der Waals surface area contributed by atoms with Crippen molar-refractivity contribution in [1.82, 2.24) is 0 Å². The van der Waals surface area contributed by atoms with Crippen LogP contribution in [-0.4, -0.2) is 20.1 Å². The van der Waals surface area contributed by atoms with Crippen molar-refractivity contribution in [2.45, 2.75) is 20.3 Å². The maximum atomic E-state index is 11.6. The minimum absolute atomic E-state index is 0.201. The summed E-state index contributed by atoms with van der Waals surface area (Å²) in [5, 5.41) is 0. The molecule has 0 aliphatic rings. The fourth-order valence-electron chi connectivity index (χ4n) is 0.820. The largest absolute Gasteiger partial charge is 0.529 e. The summed E-state index contributed by atoms with van der Waals surface area (Å²) in [5.74, 6) is -0.430. The second-order valence-corrected chi connectivity index (χ2v) is 4.48. The Morgan fingerprint density at radius 1 is 1.33 bits per heavy atom. The summed E-state index contributed by atoms with van der Waals surface area (Å²) in [4.78, 5) is 10.9. The Balaban J connectivity index is 4.96. The van der Waals surface area contributed by atoms with Crippen LogP contribution < -0.4 is 5.73 Å². The van der Waals surface area contributed by atoms with Crippen molar-refractivity contribution in [3.8, 4) is 0 Å². The molecule has 0 aromatic heterocycles. The number of phosphoric acid groups is 1. The van der Waals surface area contributed by atoms with Crippen molar-refractivity contribution in [2.24, 2.45) is 5.73 Å². The number of phosphoric ester groups is 1. The average molecular weight is 237 g/mol. The highest BCUT2D eigenvalue weighted by Gasteiger charge is 2.26. The third-order valence-electron chi connectivity index (χ3n) is 1.78. The molecule has 6 nitrogen and oxygen atoms in total. The minimum atomic E-state index is -3.61. The topological polar surface area (TPSA) is 87.8 Å². The molecule has 15 heavy (non-hydrogen) atoms. The van der Waals surface area contributed by atoms with Gasteiger partial charge in [0.25, 0.3) is 0 Å². The van der Waals surface area contributed by atoms with Gasteiger partial charge in [-0.2, -0.15) is 0 Å². The highest BCUT2D eigenvalue weighted by molar-refractivity contribution is 7.48. The minimum Gasteiger partial charge on any atom is -0.408 e. The van der Waals surface area contributed by atoms with Gasteiger partial charge in [-0.25, -0.2) is 4.57 Å². The predicted molar refractivity (Wildman–Crippen MR) is 54.9 cm³/mol. The van der Waals surface area contributed by atoms with E-state index in [0.29, 0.717) is 6.42 Å². The maximum absolute atomic E-state index is 11.6. The van der Waals surface area contributed by atoms with Crippen LogP contribution in [0.15, 0.2) is 11.3 Å². The summed E-state index contributed by atoms with van der Waals surface area (Å²) in [6, 6.07) is 0. The van der Waals surface area contributed by atoms with Crippen LogP contribution in [0.3, 0.4) is 0 Å². The molecule has 0 radical (unpaired) electrons. The van der Waals surface area contributed by atoms with E-state index in [4.69, 9.17) is 10.3 Å². The molecule has 1 amide bonds. The lowest BCUT2D eigenvalue weighted by Crippen LogP contribution is -2.14. The van der Waals surface area contributed by atoms with Gasteiger partial charge >= 0.3 is 7.82 Å².